The Bertz CT molecular complexity index is 1430. The van der Waals surface area contributed by atoms with Crippen LogP contribution in [0.25, 0.3) is 22.4 Å². The minimum absolute atomic E-state index is 0.203. The van der Waals surface area contributed by atoms with Gasteiger partial charge in [0.05, 0.1) is 29.2 Å². The van der Waals surface area contributed by atoms with E-state index >= 15 is 0 Å². The summed E-state index contributed by atoms with van der Waals surface area (Å²) in [5.41, 5.74) is 5.07. The van der Waals surface area contributed by atoms with Crippen molar-refractivity contribution in [2.24, 2.45) is 4.99 Å². The summed E-state index contributed by atoms with van der Waals surface area (Å²) < 4.78 is 0. The number of aliphatic imine (C=N–C) groups is 1. The summed E-state index contributed by atoms with van der Waals surface area (Å²) in [4.78, 5) is 30.1. The Hall–Kier alpha value is -3.62. The molecular weight excluding hydrogens is 452 g/mol. The van der Waals surface area contributed by atoms with Crippen LogP contribution in [0.4, 0.5) is 11.4 Å². The van der Waals surface area contributed by atoms with Crippen molar-refractivity contribution in [1.82, 2.24) is 15.0 Å². The number of imidazole rings is 1. The van der Waals surface area contributed by atoms with Crippen molar-refractivity contribution < 1.29 is 5.11 Å². The maximum absolute atomic E-state index is 12.8. The summed E-state index contributed by atoms with van der Waals surface area (Å²) >= 11 is 6.04. The van der Waals surface area contributed by atoms with Gasteiger partial charge in [-0.1, -0.05) is 23.7 Å². The number of aromatic nitrogens is 3. The average molecular weight is 477 g/mol. The van der Waals surface area contributed by atoms with Gasteiger partial charge in [0, 0.05) is 36.5 Å². The number of hydrogen-bond donors (Lipinski definition) is 4. The van der Waals surface area contributed by atoms with Crippen molar-refractivity contribution in [1.29, 1.82) is 0 Å². The molecule has 9 heteroatoms. The van der Waals surface area contributed by atoms with Gasteiger partial charge in [-0.05, 0) is 54.8 Å². The number of halogens is 1. The Labute approximate surface area is 201 Å². The molecule has 4 aromatic rings. The van der Waals surface area contributed by atoms with Crippen molar-refractivity contribution in [3.05, 3.63) is 75.2 Å². The van der Waals surface area contributed by atoms with Gasteiger partial charge in [0.25, 0.3) is 5.56 Å². The first kappa shape index (κ1) is 22.2. The van der Waals surface area contributed by atoms with Crippen LogP contribution in [0.1, 0.15) is 23.7 Å². The quantitative estimate of drug-likeness (QED) is 0.332. The summed E-state index contributed by atoms with van der Waals surface area (Å²) in [5, 5.41) is 14.3. The molecule has 5 rings (SSSR count). The molecule has 3 heterocycles. The van der Waals surface area contributed by atoms with E-state index in [1.807, 2.05) is 25.4 Å². The SMILES string of the molecule is Cc1cc(N2C=NCCC2)cc2[nH]c(-c3c(NCC(O)c4cccc(Cl)c4)cc[nH]c3=O)nc12. The zero-order chi connectivity index (χ0) is 23.7. The van der Waals surface area contributed by atoms with Gasteiger partial charge in [-0.15, -0.1) is 0 Å². The number of aryl methyl sites for hydroxylation is 1. The van der Waals surface area contributed by atoms with Crippen LogP contribution in [0.3, 0.4) is 0 Å². The van der Waals surface area contributed by atoms with E-state index in [-0.39, 0.29) is 12.1 Å². The highest BCUT2D eigenvalue weighted by Gasteiger charge is 2.18. The number of aliphatic hydroxyl groups is 1. The molecule has 174 valence electrons. The van der Waals surface area contributed by atoms with Gasteiger partial charge in [0.15, 0.2) is 0 Å². The normalized spacial score (nSPS) is 14.5. The largest absolute Gasteiger partial charge is 0.387 e. The standard InChI is InChI=1S/C25H25ClN6O2/c1-15-10-18(32-9-3-7-27-14-32)12-20-23(15)31-24(30-20)22-19(6-8-28-25(22)34)29-13-21(33)16-4-2-5-17(26)11-16/h2,4-6,8,10-12,14,21,33H,3,7,9,13H2,1H3,(H,30,31)(H2,28,29,34). The fourth-order valence-electron chi connectivity index (χ4n) is 4.20. The van der Waals surface area contributed by atoms with Crippen molar-refractivity contribution in [2.75, 3.05) is 29.9 Å². The molecule has 2 aromatic heterocycles. The molecule has 0 amide bonds. The van der Waals surface area contributed by atoms with Crippen molar-refractivity contribution in [3.63, 3.8) is 0 Å². The molecule has 0 spiro atoms. The first-order chi connectivity index (χ1) is 16.5. The van der Waals surface area contributed by atoms with Crippen LogP contribution in [0.15, 0.2) is 58.4 Å². The van der Waals surface area contributed by atoms with Crippen LogP contribution < -0.4 is 15.8 Å². The molecule has 34 heavy (non-hydrogen) atoms. The van der Waals surface area contributed by atoms with Crippen molar-refractivity contribution in [2.45, 2.75) is 19.4 Å². The third kappa shape index (κ3) is 4.42. The predicted molar refractivity (Wildman–Crippen MR) is 137 cm³/mol. The van der Waals surface area contributed by atoms with Gasteiger partial charge in [-0.3, -0.25) is 9.79 Å². The lowest BCUT2D eigenvalue weighted by Gasteiger charge is -2.22. The third-order valence-corrected chi connectivity index (χ3v) is 6.15. The minimum atomic E-state index is -0.794. The average Bonchev–Trinajstić information content (AvgIpc) is 3.27. The number of rotatable bonds is 6. The van der Waals surface area contributed by atoms with Crippen LogP contribution >= 0.6 is 11.6 Å². The minimum Gasteiger partial charge on any atom is -0.387 e. The number of pyridine rings is 1. The molecule has 1 aliphatic heterocycles. The van der Waals surface area contributed by atoms with Gasteiger partial charge >= 0.3 is 0 Å². The molecule has 0 radical (unpaired) electrons. The van der Waals surface area contributed by atoms with Crippen molar-refractivity contribution >= 4 is 40.3 Å². The molecule has 1 aliphatic rings. The van der Waals surface area contributed by atoms with Crippen LogP contribution in [0, 0.1) is 6.92 Å². The highest BCUT2D eigenvalue weighted by atomic mass is 35.5. The summed E-state index contributed by atoms with van der Waals surface area (Å²) in [5.74, 6) is 0.462. The van der Waals surface area contributed by atoms with Gasteiger partial charge < -0.3 is 25.3 Å². The second kappa shape index (κ2) is 9.32. The molecule has 0 saturated heterocycles. The lowest BCUT2D eigenvalue weighted by Crippen LogP contribution is -2.26. The maximum atomic E-state index is 12.8. The van der Waals surface area contributed by atoms with E-state index in [0.717, 1.165) is 41.8 Å². The molecule has 0 aliphatic carbocycles. The molecule has 0 fully saturated rings. The monoisotopic (exact) mass is 476 g/mol. The summed E-state index contributed by atoms with van der Waals surface area (Å²) in [6, 6.07) is 13.0. The fourth-order valence-corrected chi connectivity index (χ4v) is 4.40. The number of H-pyrrole nitrogens is 2. The Morgan fingerprint density at radius 2 is 2.15 bits per heavy atom. The van der Waals surface area contributed by atoms with E-state index in [1.165, 1.54) is 0 Å². The van der Waals surface area contributed by atoms with Crippen LogP contribution in [-0.2, 0) is 0 Å². The summed E-state index contributed by atoms with van der Waals surface area (Å²) in [7, 11) is 0. The van der Waals surface area contributed by atoms with Gasteiger partial charge in [0.2, 0.25) is 0 Å². The Kier molecular flexibility index (Phi) is 6.08. The van der Waals surface area contributed by atoms with E-state index in [9.17, 15) is 9.90 Å². The number of aliphatic hydroxyl groups excluding tert-OH is 1. The van der Waals surface area contributed by atoms with E-state index in [4.69, 9.17) is 16.6 Å². The van der Waals surface area contributed by atoms with Crippen LogP contribution in [-0.4, -0.2) is 46.0 Å². The summed E-state index contributed by atoms with van der Waals surface area (Å²) in [6.45, 7) is 3.98. The third-order valence-electron chi connectivity index (χ3n) is 5.92. The predicted octanol–water partition coefficient (Wildman–Crippen LogP) is 4.26. The molecule has 4 N–H and O–H groups in total. The second-order valence-corrected chi connectivity index (χ2v) is 8.80. The lowest BCUT2D eigenvalue weighted by atomic mass is 10.1. The number of hydrogen-bond acceptors (Lipinski definition) is 6. The first-order valence-corrected chi connectivity index (χ1v) is 11.5. The molecule has 2 aromatic carbocycles. The number of nitrogens with zero attached hydrogens (tertiary/aromatic N) is 3. The maximum Gasteiger partial charge on any atom is 0.261 e. The smallest absolute Gasteiger partial charge is 0.261 e. The molecule has 1 atom stereocenters. The number of benzene rings is 2. The fraction of sp³-hybridized carbons (Fsp3) is 0.240. The van der Waals surface area contributed by atoms with Gasteiger partial charge in [-0.25, -0.2) is 4.98 Å². The molecule has 0 bridgehead atoms. The number of fused-ring (bicyclic) bond motifs is 1. The first-order valence-electron chi connectivity index (χ1n) is 11.2. The Morgan fingerprint density at radius 1 is 1.26 bits per heavy atom. The van der Waals surface area contributed by atoms with Crippen LogP contribution in [0.5, 0.6) is 0 Å². The lowest BCUT2D eigenvalue weighted by molar-refractivity contribution is 0.191. The molecule has 8 nitrogen and oxygen atoms in total. The topological polar surface area (TPSA) is 109 Å². The highest BCUT2D eigenvalue weighted by Crippen LogP contribution is 2.29. The number of anilines is 2. The van der Waals surface area contributed by atoms with E-state index in [1.54, 1.807) is 30.5 Å². The Morgan fingerprint density at radius 3 is 2.94 bits per heavy atom. The van der Waals surface area contributed by atoms with E-state index < -0.39 is 6.10 Å². The molecule has 0 saturated carbocycles. The van der Waals surface area contributed by atoms with Crippen molar-refractivity contribution in [3.8, 4) is 11.4 Å². The second-order valence-electron chi connectivity index (χ2n) is 8.36. The highest BCUT2D eigenvalue weighted by molar-refractivity contribution is 6.30. The van der Waals surface area contributed by atoms with E-state index in [0.29, 0.717) is 27.7 Å². The van der Waals surface area contributed by atoms with Crippen LogP contribution in [0.2, 0.25) is 5.02 Å². The van der Waals surface area contributed by atoms with E-state index in [2.05, 4.69) is 31.2 Å². The number of aromatic amines is 2. The van der Waals surface area contributed by atoms with Gasteiger partial charge in [0.1, 0.15) is 11.4 Å². The Balaban J connectivity index is 1.47. The number of nitrogens with one attached hydrogen (secondary N) is 3. The molecule has 1 unspecified atom stereocenters. The zero-order valence-electron chi connectivity index (χ0n) is 18.7. The zero-order valence-corrected chi connectivity index (χ0v) is 19.4. The van der Waals surface area contributed by atoms with Gasteiger partial charge in [-0.2, -0.15) is 0 Å². The molecular formula is C25H25ClN6O2. The summed E-state index contributed by atoms with van der Waals surface area (Å²) in [6.07, 6.45) is 3.66.